The summed E-state index contributed by atoms with van der Waals surface area (Å²) < 4.78 is 10.9. The summed E-state index contributed by atoms with van der Waals surface area (Å²) in [5.74, 6) is -0.339. The molecule has 0 rings (SSSR count). The molecule has 0 aliphatic rings. The molecule has 0 unspecified atom stereocenters. The molecular weight excluding hydrogens is 308 g/mol. The molecule has 0 heterocycles. The van der Waals surface area contributed by atoms with E-state index in [2.05, 4.69) is 0 Å². The Morgan fingerprint density at radius 3 is 1.92 bits per heavy atom. The van der Waals surface area contributed by atoms with Crippen molar-refractivity contribution in [2.24, 2.45) is 17.6 Å². The summed E-state index contributed by atoms with van der Waals surface area (Å²) >= 11 is 0. The van der Waals surface area contributed by atoms with Gasteiger partial charge in [-0.25, -0.2) is 0 Å². The summed E-state index contributed by atoms with van der Waals surface area (Å²) in [6, 6.07) is -0.838. The Morgan fingerprint density at radius 2 is 1.58 bits per heavy atom. The molecule has 6 nitrogen and oxygen atoms in total. The zero-order chi connectivity index (χ0) is 19.2. The number of amides is 1. The summed E-state index contributed by atoms with van der Waals surface area (Å²) in [5.41, 5.74) is 5.45. The molecule has 0 saturated carbocycles. The number of likely N-dealkylation sites (N-methyl/N-ethyl adjacent to an activating group) is 1. The Balaban J connectivity index is 5.24. The molecule has 0 fully saturated rings. The molecule has 6 heteroatoms. The lowest BCUT2D eigenvalue weighted by Crippen LogP contribution is -2.55. The maximum atomic E-state index is 12.6. The molecule has 0 saturated heterocycles. The molecular formula is C18H36N2O4. The van der Waals surface area contributed by atoms with Crippen molar-refractivity contribution in [2.75, 3.05) is 14.2 Å². The highest BCUT2D eigenvalue weighted by molar-refractivity contribution is 5.82. The van der Waals surface area contributed by atoms with Crippen LogP contribution in [0.25, 0.3) is 0 Å². The number of nitrogens with zero attached hydrogens (tertiary/aromatic N) is 1. The predicted molar refractivity (Wildman–Crippen MR) is 95.5 cm³/mol. The largest absolute Gasteiger partial charge is 0.460 e. The number of hydrogen-bond donors (Lipinski definition) is 1. The van der Waals surface area contributed by atoms with Gasteiger partial charge < -0.3 is 20.1 Å². The molecule has 0 radical (unpaired) electrons. The SMILES string of the molecule is CO[C@H](CC(=O)OC(C)(C)C)[C@H](C(C)C)N(C)C(=O)[C@@H](N)C(C)C. The lowest BCUT2D eigenvalue weighted by Gasteiger charge is -2.38. The van der Waals surface area contributed by atoms with Gasteiger partial charge in [-0.2, -0.15) is 0 Å². The van der Waals surface area contributed by atoms with Crippen molar-refractivity contribution in [1.29, 1.82) is 0 Å². The van der Waals surface area contributed by atoms with E-state index >= 15 is 0 Å². The number of esters is 1. The highest BCUT2D eigenvalue weighted by atomic mass is 16.6. The minimum Gasteiger partial charge on any atom is -0.460 e. The van der Waals surface area contributed by atoms with Gasteiger partial charge in [-0.15, -0.1) is 0 Å². The van der Waals surface area contributed by atoms with E-state index < -0.39 is 17.7 Å². The third kappa shape index (κ3) is 7.18. The summed E-state index contributed by atoms with van der Waals surface area (Å²) in [7, 11) is 3.27. The molecule has 142 valence electrons. The monoisotopic (exact) mass is 344 g/mol. The number of nitrogens with two attached hydrogens (primary N) is 1. The molecule has 0 aromatic carbocycles. The second-order valence-corrected chi connectivity index (χ2v) is 8.02. The molecule has 0 aromatic rings. The second-order valence-electron chi connectivity index (χ2n) is 8.02. The molecule has 2 N–H and O–H groups in total. The first-order valence-electron chi connectivity index (χ1n) is 8.58. The van der Waals surface area contributed by atoms with Gasteiger partial charge in [0.2, 0.25) is 5.91 Å². The van der Waals surface area contributed by atoms with Crippen LogP contribution in [0.1, 0.15) is 54.9 Å². The van der Waals surface area contributed by atoms with Crippen molar-refractivity contribution in [3.05, 3.63) is 0 Å². The van der Waals surface area contributed by atoms with Gasteiger partial charge in [0.1, 0.15) is 5.60 Å². The second kappa shape index (κ2) is 9.37. The van der Waals surface area contributed by atoms with Crippen LogP contribution in [0.3, 0.4) is 0 Å². The van der Waals surface area contributed by atoms with E-state index in [9.17, 15) is 9.59 Å². The van der Waals surface area contributed by atoms with Gasteiger partial charge in [-0.05, 0) is 32.6 Å². The van der Waals surface area contributed by atoms with Crippen molar-refractivity contribution in [3.8, 4) is 0 Å². The van der Waals surface area contributed by atoms with Crippen LogP contribution >= 0.6 is 0 Å². The minimum absolute atomic E-state index is 0.0413. The summed E-state index contributed by atoms with van der Waals surface area (Å²) in [6.45, 7) is 13.3. The smallest absolute Gasteiger partial charge is 0.309 e. The molecule has 0 aliphatic heterocycles. The van der Waals surface area contributed by atoms with Crippen LogP contribution in [0, 0.1) is 11.8 Å². The van der Waals surface area contributed by atoms with Crippen molar-refractivity contribution in [2.45, 2.75) is 78.7 Å². The van der Waals surface area contributed by atoms with E-state index in [1.54, 1.807) is 19.1 Å². The van der Waals surface area contributed by atoms with Gasteiger partial charge in [0, 0.05) is 14.2 Å². The Labute approximate surface area is 147 Å². The fourth-order valence-electron chi connectivity index (χ4n) is 2.68. The van der Waals surface area contributed by atoms with Crippen LogP contribution in [-0.4, -0.2) is 54.7 Å². The van der Waals surface area contributed by atoms with Gasteiger partial charge in [0.05, 0.1) is 24.6 Å². The Bertz CT molecular complexity index is 416. The highest BCUT2D eigenvalue weighted by Crippen LogP contribution is 2.21. The molecule has 0 aliphatic carbocycles. The van der Waals surface area contributed by atoms with Gasteiger partial charge in [0.15, 0.2) is 0 Å². The number of rotatable bonds is 8. The first-order valence-corrected chi connectivity index (χ1v) is 8.58. The first-order chi connectivity index (χ1) is 10.8. The molecule has 3 atom stereocenters. The maximum Gasteiger partial charge on any atom is 0.309 e. The van der Waals surface area contributed by atoms with Gasteiger partial charge in [-0.3, -0.25) is 9.59 Å². The lowest BCUT2D eigenvalue weighted by molar-refractivity contribution is -0.160. The number of methoxy groups -OCH3 is 1. The number of carbonyl (C=O) groups excluding carboxylic acids is 2. The van der Waals surface area contributed by atoms with Crippen LogP contribution in [-0.2, 0) is 19.1 Å². The minimum atomic E-state index is -0.574. The fraction of sp³-hybridized carbons (Fsp3) is 0.889. The van der Waals surface area contributed by atoms with Crippen molar-refractivity contribution >= 4 is 11.9 Å². The Morgan fingerprint density at radius 1 is 1.08 bits per heavy atom. The van der Waals surface area contributed by atoms with Crippen LogP contribution in [0.2, 0.25) is 0 Å². The number of carbonyl (C=O) groups is 2. The third-order valence-corrected chi connectivity index (χ3v) is 3.95. The lowest BCUT2D eigenvalue weighted by atomic mass is 9.93. The van der Waals surface area contributed by atoms with E-state index in [0.717, 1.165) is 0 Å². The van der Waals surface area contributed by atoms with E-state index in [1.165, 1.54) is 0 Å². The summed E-state index contributed by atoms with van der Waals surface area (Å²) in [5, 5.41) is 0. The van der Waals surface area contributed by atoms with Crippen molar-refractivity contribution in [3.63, 3.8) is 0 Å². The predicted octanol–water partition coefficient (Wildman–Crippen LogP) is 2.20. The van der Waals surface area contributed by atoms with Crippen LogP contribution in [0.4, 0.5) is 0 Å². The summed E-state index contributed by atoms with van der Waals surface area (Å²) in [4.78, 5) is 26.4. The molecule has 0 aromatic heterocycles. The van der Waals surface area contributed by atoms with Crippen LogP contribution in [0.15, 0.2) is 0 Å². The van der Waals surface area contributed by atoms with Crippen molar-refractivity contribution in [1.82, 2.24) is 4.90 Å². The average Bonchev–Trinajstić information content (AvgIpc) is 2.41. The van der Waals surface area contributed by atoms with Gasteiger partial charge in [0.25, 0.3) is 0 Å². The molecule has 24 heavy (non-hydrogen) atoms. The Hall–Kier alpha value is -1.14. The molecule has 0 spiro atoms. The van der Waals surface area contributed by atoms with E-state index in [4.69, 9.17) is 15.2 Å². The quantitative estimate of drug-likeness (QED) is 0.683. The Kier molecular flexibility index (Phi) is 8.93. The van der Waals surface area contributed by atoms with E-state index in [1.807, 2.05) is 48.5 Å². The zero-order valence-corrected chi connectivity index (χ0v) is 16.8. The first kappa shape index (κ1) is 22.9. The average molecular weight is 344 g/mol. The molecule has 0 bridgehead atoms. The normalized spacial score (nSPS) is 16.0. The van der Waals surface area contributed by atoms with Gasteiger partial charge >= 0.3 is 5.97 Å². The zero-order valence-electron chi connectivity index (χ0n) is 16.8. The summed E-state index contributed by atoms with van der Waals surface area (Å²) in [6.07, 6.45) is -0.362. The third-order valence-electron chi connectivity index (χ3n) is 3.95. The maximum absolute atomic E-state index is 12.6. The highest BCUT2D eigenvalue weighted by Gasteiger charge is 2.35. The number of hydrogen-bond acceptors (Lipinski definition) is 5. The van der Waals surface area contributed by atoms with Crippen molar-refractivity contribution < 1.29 is 19.1 Å². The van der Waals surface area contributed by atoms with E-state index in [-0.39, 0.29) is 36.2 Å². The van der Waals surface area contributed by atoms with Gasteiger partial charge in [-0.1, -0.05) is 27.7 Å². The van der Waals surface area contributed by atoms with E-state index in [0.29, 0.717) is 0 Å². The standard InChI is InChI=1S/C18H36N2O4/c1-11(2)15(19)17(22)20(8)16(12(3)4)13(23-9)10-14(21)24-18(5,6)7/h11-13,15-16H,10,19H2,1-9H3/t13-,15+,16+/m1/s1. The van der Waals surface area contributed by atoms with Crippen LogP contribution < -0.4 is 5.73 Å². The molecule has 1 amide bonds. The topological polar surface area (TPSA) is 81.9 Å². The fourth-order valence-corrected chi connectivity index (χ4v) is 2.68. The van der Waals surface area contributed by atoms with Crippen LogP contribution in [0.5, 0.6) is 0 Å². The number of ether oxygens (including phenoxy) is 2.